The highest BCUT2D eigenvalue weighted by Crippen LogP contribution is 2.38. The van der Waals surface area contributed by atoms with Gasteiger partial charge in [-0.05, 0) is 45.3 Å². The van der Waals surface area contributed by atoms with E-state index < -0.39 is 0 Å². The van der Waals surface area contributed by atoms with Crippen LogP contribution in [0.15, 0.2) is 0 Å². The van der Waals surface area contributed by atoms with Gasteiger partial charge in [0, 0.05) is 12.1 Å². The second kappa shape index (κ2) is 5.36. The van der Waals surface area contributed by atoms with E-state index in [4.69, 9.17) is 4.74 Å². The van der Waals surface area contributed by atoms with Gasteiger partial charge in [-0.2, -0.15) is 0 Å². The van der Waals surface area contributed by atoms with Gasteiger partial charge in [0.25, 0.3) is 0 Å². The average Bonchev–Trinajstić information content (AvgIpc) is 2.30. The number of rotatable bonds is 5. The second-order valence-electron chi connectivity index (χ2n) is 5.22. The van der Waals surface area contributed by atoms with Gasteiger partial charge >= 0.3 is 5.97 Å². The molecule has 98 valence electrons. The monoisotopic (exact) mass is 240 g/mol. The predicted octanol–water partition coefficient (Wildman–Crippen LogP) is 1.01. The number of esters is 1. The van der Waals surface area contributed by atoms with Crippen molar-refractivity contribution in [1.82, 2.24) is 10.2 Å². The van der Waals surface area contributed by atoms with Crippen molar-refractivity contribution in [2.24, 2.45) is 5.92 Å². The molecule has 0 saturated carbocycles. The minimum atomic E-state index is -0.0535. The van der Waals surface area contributed by atoms with Crippen LogP contribution in [0.3, 0.4) is 0 Å². The van der Waals surface area contributed by atoms with E-state index in [2.05, 4.69) is 17.1 Å². The Morgan fingerprint density at radius 1 is 1.41 bits per heavy atom. The molecule has 0 aliphatic carbocycles. The number of piperidine rings is 3. The van der Waals surface area contributed by atoms with Gasteiger partial charge in [-0.25, -0.2) is 0 Å². The summed E-state index contributed by atoms with van der Waals surface area (Å²) in [5.41, 5.74) is -0.0303. The predicted molar refractivity (Wildman–Crippen MR) is 66.8 cm³/mol. The molecule has 0 spiro atoms. The number of nitrogens with zero attached hydrogens (tertiary/aromatic N) is 1. The molecule has 1 N–H and O–H groups in total. The number of carbonyl (C=O) groups excluding carboxylic acids is 1. The maximum atomic E-state index is 11.8. The molecule has 17 heavy (non-hydrogen) atoms. The molecular weight excluding hydrogens is 216 g/mol. The number of hydrogen-bond donors (Lipinski definition) is 1. The molecule has 0 aromatic rings. The first-order valence-electron chi connectivity index (χ1n) is 6.83. The second-order valence-corrected chi connectivity index (χ2v) is 5.22. The summed E-state index contributed by atoms with van der Waals surface area (Å²) >= 11 is 0. The molecular formula is C13H24N2O2. The molecule has 0 aromatic heterocycles. The third-order valence-electron chi connectivity index (χ3n) is 4.17. The zero-order valence-electron chi connectivity index (χ0n) is 11.0. The Labute approximate surface area is 104 Å². The summed E-state index contributed by atoms with van der Waals surface area (Å²) in [6.45, 7) is 8.78. The van der Waals surface area contributed by atoms with Crippen molar-refractivity contribution in [1.29, 1.82) is 0 Å². The van der Waals surface area contributed by atoms with Crippen molar-refractivity contribution in [3.05, 3.63) is 0 Å². The summed E-state index contributed by atoms with van der Waals surface area (Å²) in [4.78, 5) is 14.3. The lowest BCUT2D eigenvalue weighted by Crippen LogP contribution is -2.66. The van der Waals surface area contributed by atoms with E-state index >= 15 is 0 Å². The molecule has 3 aliphatic heterocycles. The first kappa shape index (κ1) is 12.8. The number of likely N-dealkylation sites (N-methyl/N-ethyl adjacent to an activating group) is 1. The molecule has 3 saturated heterocycles. The molecule has 2 bridgehead atoms. The highest BCUT2D eigenvalue weighted by Gasteiger charge is 2.47. The number of carbonyl (C=O) groups is 1. The summed E-state index contributed by atoms with van der Waals surface area (Å²) in [7, 11) is 0. The van der Waals surface area contributed by atoms with Crippen molar-refractivity contribution >= 4 is 5.97 Å². The smallest absolute Gasteiger partial charge is 0.307 e. The fraction of sp³-hybridized carbons (Fsp3) is 0.923. The number of hydrogen-bond acceptors (Lipinski definition) is 4. The van der Waals surface area contributed by atoms with Crippen LogP contribution in [0.25, 0.3) is 0 Å². The third kappa shape index (κ3) is 2.63. The molecule has 4 heteroatoms. The van der Waals surface area contributed by atoms with Crippen molar-refractivity contribution < 1.29 is 9.53 Å². The van der Waals surface area contributed by atoms with Crippen LogP contribution in [0.1, 0.15) is 33.1 Å². The Kier molecular flexibility index (Phi) is 4.05. The van der Waals surface area contributed by atoms with E-state index in [1.165, 1.54) is 25.9 Å². The summed E-state index contributed by atoms with van der Waals surface area (Å²) in [5, 5.41) is 3.58. The zero-order chi connectivity index (χ0) is 12.3. The van der Waals surface area contributed by atoms with Gasteiger partial charge in [0.2, 0.25) is 0 Å². The fourth-order valence-electron chi connectivity index (χ4n) is 3.46. The van der Waals surface area contributed by atoms with Gasteiger partial charge < -0.3 is 15.0 Å². The van der Waals surface area contributed by atoms with E-state index in [1.54, 1.807) is 0 Å². The fourth-order valence-corrected chi connectivity index (χ4v) is 3.46. The van der Waals surface area contributed by atoms with Crippen LogP contribution in [-0.2, 0) is 9.53 Å². The summed E-state index contributed by atoms with van der Waals surface area (Å²) < 4.78 is 5.13. The number of fused-ring (bicyclic) bond motifs is 3. The van der Waals surface area contributed by atoms with Crippen LogP contribution in [0.2, 0.25) is 0 Å². The lowest BCUT2D eigenvalue weighted by Gasteiger charge is -2.53. The topological polar surface area (TPSA) is 41.6 Å². The first-order chi connectivity index (χ1) is 8.20. The van der Waals surface area contributed by atoms with Crippen molar-refractivity contribution in [3.63, 3.8) is 0 Å². The van der Waals surface area contributed by atoms with E-state index in [0.29, 0.717) is 18.9 Å². The van der Waals surface area contributed by atoms with Crippen molar-refractivity contribution in [2.75, 3.05) is 32.8 Å². The van der Waals surface area contributed by atoms with Crippen molar-refractivity contribution in [3.8, 4) is 0 Å². The van der Waals surface area contributed by atoms with Gasteiger partial charge in [-0.1, -0.05) is 6.92 Å². The van der Waals surface area contributed by atoms with Gasteiger partial charge in [-0.15, -0.1) is 0 Å². The minimum Gasteiger partial charge on any atom is -0.466 e. The first-order valence-corrected chi connectivity index (χ1v) is 6.83. The van der Waals surface area contributed by atoms with E-state index in [0.717, 1.165) is 13.1 Å². The van der Waals surface area contributed by atoms with Crippen LogP contribution in [-0.4, -0.2) is 49.2 Å². The third-order valence-corrected chi connectivity index (χ3v) is 4.17. The Bertz CT molecular complexity index is 275. The molecule has 3 rings (SSSR count). The molecule has 4 nitrogen and oxygen atoms in total. The van der Waals surface area contributed by atoms with Gasteiger partial charge in [0.05, 0.1) is 13.0 Å². The number of nitrogens with one attached hydrogen (secondary N) is 1. The molecule has 3 heterocycles. The SMILES string of the molecule is CCNC1(CC(=O)OCC)CN2CCC1CC2. The van der Waals surface area contributed by atoms with Crippen molar-refractivity contribution in [2.45, 2.75) is 38.6 Å². The lowest BCUT2D eigenvalue weighted by molar-refractivity contribution is -0.147. The normalized spacial score (nSPS) is 35.9. The minimum absolute atomic E-state index is 0.0303. The van der Waals surface area contributed by atoms with Crippen LogP contribution in [0.4, 0.5) is 0 Å². The maximum absolute atomic E-state index is 11.8. The largest absolute Gasteiger partial charge is 0.466 e. The summed E-state index contributed by atoms with van der Waals surface area (Å²) in [5.74, 6) is 0.582. The average molecular weight is 240 g/mol. The van der Waals surface area contributed by atoms with E-state index in [-0.39, 0.29) is 11.5 Å². The molecule has 3 aliphatic rings. The highest BCUT2D eigenvalue weighted by molar-refractivity contribution is 5.71. The molecule has 0 radical (unpaired) electrons. The van der Waals surface area contributed by atoms with Crippen LogP contribution < -0.4 is 5.32 Å². The Morgan fingerprint density at radius 3 is 2.59 bits per heavy atom. The molecule has 3 fully saturated rings. The Hall–Kier alpha value is -0.610. The van der Waals surface area contributed by atoms with Crippen LogP contribution >= 0.6 is 0 Å². The quantitative estimate of drug-likeness (QED) is 0.728. The lowest BCUT2D eigenvalue weighted by atomic mass is 9.71. The van der Waals surface area contributed by atoms with E-state index in [9.17, 15) is 4.79 Å². The molecule has 1 unspecified atom stereocenters. The molecule has 0 amide bonds. The summed E-state index contributed by atoms with van der Waals surface area (Å²) in [6, 6.07) is 0. The molecule has 0 aromatic carbocycles. The standard InChI is InChI=1S/C13H24N2O2/c1-3-14-13(9-12(16)17-4-2)10-15-7-5-11(13)6-8-15/h11,14H,3-10H2,1-2H3. The Morgan fingerprint density at radius 2 is 2.12 bits per heavy atom. The Balaban J connectivity index is 2.06. The van der Waals surface area contributed by atoms with Crippen LogP contribution in [0.5, 0.6) is 0 Å². The van der Waals surface area contributed by atoms with Gasteiger partial charge in [-0.3, -0.25) is 4.79 Å². The maximum Gasteiger partial charge on any atom is 0.307 e. The van der Waals surface area contributed by atoms with Gasteiger partial charge in [0.15, 0.2) is 0 Å². The van der Waals surface area contributed by atoms with Crippen LogP contribution in [0, 0.1) is 5.92 Å². The van der Waals surface area contributed by atoms with E-state index in [1.807, 2.05) is 6.92 Å². The number of ether oxygens (including phenoxy) is 1. The zero-order valence-corrected chi connectivity index (χ0v) is 11.0. The van der Waals surface area contributed by atoms with Gasteiger partial charge in [0.1, 0.15) is 0 Å². The highest BCUT2D eigenvalue weighted by atomic mass is 16.5. The molecule has 1 atom stereocenters. The summed E-state index contributed by atoms with van der Waals surface area (Å²) in [6.07, 6.45) is 2.95.